The zero-order valence-corrected chi connectivity index (χ0v) is 18.7. The number of carboxylic acid groups (broad SMARTS) is 1. The number of ether oxygens (including phenoxy) is 2. The largest absolute Gasteiger partial charge is 0.480 e. The monoisotopic (exact) mass is 406 g/mol. The lowest BCUT2D eigenvalue weighted by molar-refractivity contribution is -0.151. The number of unbranched alkanes of at least 4 members (excludes halogenated alkanes) is 12. The fourth-order valence-corrected chi connectivity index (χ4v) is 3.56. The lowest BCUT2D eigenvalue weighted by Gasteiger charge is -2.17. The van der Waals surface area contributed by atoms with Gasteiger partial charge in [-0.15, -0.1) is 0 Å². The van der Waals surface area contributed by atoms with Crippen molar-refractivity contribution < 1.29 is 19.4 Å². The van der Waals surface area contributed by atoms with Gasteiger partial charge in [0.15, 0.2) is 6.29 Å². The first kappa shape index (κ1) is 25.5. The Hall–Kier alpha value is -1.55. The molecule has 0 spiro atoms. The second kappa shape index (κ2) is 17.3. The molecule has 0 fully saturated rings. The third-order valence-corrected chi connectivity index (χ3v) is 5.26. The predicted octanol–water partition coefficient (Wildman–Crippen LogP) is 7.15. The molecule has 0 aliphatic rings. The molecule has 0 aromatic heterocycles. The molecule has 0 saturated carbocycles. The molecule has 1 aromatic carbocycles. The van der Waals surface area contributed by atoms with E-state index in [-0.39, 0.29) is 6.61 Å². The highest BCUT2D eigenvalue weighted by molar-refractivity contribution is 5.68. The number of aryl methyl sites for hydroxylation is 1. The number of hydrogen-bond acceptors (Lipinski definition) is 3. The molecule has 1 N–H and O–H groups in total. The quantitative estimate of drug-likeness (QED) is 0.196. The molecule has 1 atom stereocenters. The summed E-state index contributed by atoms with van der Waals surface area (Å²) < 4.78 is 10.9. The van der Waals surface area contributed by atoms with Gasteiger partial charge in [-0.2, -0.15) is 0 Å². The second-order valence-electron chi connectivity index (χ2n) is 7.99. The van der Waals surface area contributed by atoms with Crippen LogP contribution in [0.3, 0.4) is 0 Å². The van der Waals surface area contributed by atoms with Crippen LogP contribution in [-0.4, -0.2) is 24.0 Å². The van der Waals surface area contributed by atoms with Crippen molar-refractivity contribution in [3.05, 3.63) is 29.8 Å². The third kappa shape index (κ3) is 14.1. The maximum Gasteiger partial charge on any atom is 0.329 e. The van der Waals surface area contributed by atoms with Crippen molar-refractivity contribution in [3.8, 4) is 5.75 Å². The van der Waals surface area contributed by atoms with E-state index < -0.39 is 12.3 Å². The Bertz CT molecular complexity index is 529. The summed E-state index contributed by atoms with van der Waals surface area (Å²) in [5, 5.41) is 8.69. The maximum atomic E-state index is 10.6. The summed E-state index contributed by atoms with van der Waals surface area (Å²) in [6.45, 7) is 3.65. The molecular formula is C25H42O4. The molecule has 0 saturated heterocycles. The van der Waals surface area contributed by atoms with Crippen LogP contribution in [0.2, 0.25) is 0 Å². The van der Waals surface area contributed by atoms with Crippen LogP contribution in [0.25, 0.3) is 0 Å². The Labute approximate surface area is 178 Å². The smallest absolute Gasteiger partial charge is 0.329 e. The van der Waals surface area contributed by atoms with Gasteiger partial charge < -0.3 is 14.6 Å². The molecule has 0 radical (unpaired) electrons. The van der Waals surface area contributed by atoms with E-state index in [1.807, 2.05) is 18.2 Å². The van der Waals surface area contributed by atoms with Crippen molar-refractivity contribution in [1.82, 2.24) is 0 Å². The number of rotatable bonds is 19. The normalized spacial score (nSPS) is 12.1. The summed E-state index contributed by atoms with van der Waals surface area (Å²) in [7, 11) is 0. The molecule has 1 unspecified atom stereocenters. The topological polar surface area (TPSA) is 55.8 Å². The maximum absolute atomic E-state index is 10.6. The summed E-state index contributed by atoms with van der Waals surface area (Å²) in [6, 6.07) is 7.97. The van der Waals surface area contributed by atoms with E-state index in [1.54, 1.807) is 6.92 Å². The average molecular weight is 407 g/mol. The lowest BCUT2D eigenvalue weighted by Crippen LogP contribution is -2.21. The molecular weight excluding hydrogens is 364 g/mol. The fourth-order valence-electron chi connectivity index (χ4n) is 3.56. The van der Waals surface area contributed by atoms with Gasteiger partial charge >= 0.3 is 5.97 Å². The Balaban J connectivity index is 2.08. The van der Waals surface area contributed by atoms with Crippen molar-refractivity contribution in [3.63, 3.8) is 0 Å². The molecule has 0 amide bonds. The standard InChI is InChI=1S/C25H42O4/c1-3-4-5-6-7-8-9-10-11-12-13-14-15-18-23-19-16-17-20-24(23)29-22(2)28-21-25(26)27/h16-17,19-20,22H,3-15,18,21H2,1-2H3,(H,26,27). The number of aliphatic carboxylic acids is 1. The average Bonchev–Trinajstić information content (AvgIpc) is 2.71. The SMILES string of the molecule is CCCCCCCCCCCCCCCc1ccccc1OC(C)OCC(=O)O. The molecule has 29 heavy (non-hydrogen) atoms. The van der Waals surface area contributed by atoms with Crippen LogP contribution in [0.5, 0.6) is 5.75 Å². The Kier molecular flexibility index (Phi) is 15.2. The van der Waals surface area contributed by atoms with Crippen LogP contribution >= 0.6 is 0 Å². The number of benzene rings is 1. The van der Waals surface area contributed by atoms with Crippen LogP contribution in [0.4, 0.5) is 0 Å². The first-order valence-electron chi connectivity index (χ1n) is 11.7. The zero-order chi connectivity index (χ0) is 21.2. The molecule has 0 aliphatic heterocycles. The van der Waals surface area contributed by atoms with Crippen molar-refractivity contribution >= 4 is 5.97 Å². The van der Waals surface area contributed by atoms with Crippen LogP contribution in [0, 0.1) is 0 Å². The van der Waals surface area contributed by atoms with Gasteiger partial charge in [0.05, 0.1) is 0 Å². The van der Waals surface area contributed by atoms with E-state index in [1.165, 1.54) is 82.6 Å². The van der Waals surface area contributed by atoms with Crippen LogP contribution in [-0.2, 0) is 16.0 Å². The summed E-state index contributed by atoms with van der Waals surface area (Å²) in [5.74, 6) is -0.190. The van der Waals surface area contributed by atoms with Gasteiger partial charge in [0.2, 0.25) is 0 Å². The van der Waals surface area contributed by atoms with Crippen molar-refractivity contribution in [2.45, 2.75) is 110 Å². The van der Waals surface area contributed by atoms with Gasteiger partial charge in [-0.3, -0.25) is 0 Å². The number of para-hydroxylation sites is 1. The molecule has 1 aromatic rings. The van der Waals surface area contributed by atoms with Crippen molar-refractivity contribution in [2.24, 2.45) is 0 Å². The van der Waals surface area contributed by atoms with Gasteiger partial charge in [0, 0.05) is 0 Å². The molecule has 4 heteroatoms. The van der Waals surface area contributed by atoms with Crippen LogP contribution in [0.15, 0.2) is 24.3 Å². The second-order valence-corrected chi connectivity index (χ2v) is 7.99. The third-order valence-electron chi connectivity index (χ3n) is 5.26. The summed E-state index contributed by atoms with van der Waals surface area (Å²) >= 11 is 0. The fraction of sp³-hybridized carbons (Fsp3) is 0.720. The first-order valence-corrected chi connectivity index (χ1v) is 11.7. The van der Waals surface area contributed by atoms with Gasteiger partial charge in [0.25, 0.3) is 0 Å². The number of hydrogen-bond donors (Lipinski definition) is 1. The minimum Gasteiger partial charge on any atom is -0.480 e. The van der Waals surface area contributed by atoms with Crippen LogP contribution < -0.4 is 4.74 Å². The van der Waals surface area contributed by atoms with E-state index in [0.29, 0.717) is 0 Å². The highest BCUT2D eigenvalue weighted by Crippen LogP contribution is 2.22. The first-order chi connectivity index (χ1) is 14.1. The number of carboxylic acids is 1. The zero-order valence-electron chi connectivity index (χ0n) is 18.7. The molecule has 166 valence electrons. The molecule has 0 bridgehead atoms. The molecule has 0 heterocycles. The number of carbonyl (C=O) groups is 1. The van der Waals surface area contributed by atoms with Gasteiger partial charge in [-0.1, -0.05) is 102 Å². The lowest BCUT2D eigenvalue weighted by atomic mass is 10.0. The minimum atomic E-state index is -0.985. The molecule has 1 rings (SSSR count). The van der Waals surface area contributed by atoms with Crippen molar-refractivity contribution in [1.29, 1.82) is 0 Å². The van der Waals surface area contributed by atoms with Crippen LogP contribution in [0.1, 0.15) is 103 Å². The van der Waals surface area contributed by atoms with E-state index >= 15 is 0 Å². The molecule has 4 nitrogen and oxygen atoms in total. The van der Waals surface area contributed by atoms with Gasteiger partial charge in [-0.25, -0.2) is 4.79 Å². The Morgan fingerprint density at radius 2 is 1.38 bits per heavy atom. The summed E-state index contributed by atoms with van der Waals surface area (Å²) in [5.41, 5.74) is 1.17. The highest BCUT2D eigenvalue weighted by Gasteiger charge is 2.10. The Morgan fingerprint density at radius 1 is 0.862 bits per heavy atom. The van der Waals surface area contributed by atoms with E-state index in [0.717, 1.165) is 18.6 Å². The van der Waals surface area contributed by atoms with E-state index in [4.69, 9.17) is 14.6 Å². The minimum absolute atomic E-state index is 0.345. The van der Waals surface area contributed by atoms with E-state index in [2.05, 4.69) is 13.0 Å². The van der Waals surface area contributed by atoms with Gasteiger partial charge in [0.1, 0.15) is 12.4 Å². The van der Waals surface area contributed by atoms with Gasteiger partial charge in [-0.05, 0) is 31.4 Å². The predicted molar refractivity (Wildman–Crippen MR) is 120 cm³/mol. The van der Waals surface area contributed by atoms with E-state index in [9.17, 15) is 4.79 Å². The molecule has 0 aliphatic carbocycles. The summed E-state index contributed by atoms with van der Waals surface area (Å²) in [6.07, 6.45) is 18.0. The summed E-state index contributed by atoms with van der Waals surface area (Å²) in [4.78, 5) is 10.6. The Morgan fingerprint density at radius 3 is 1.93 bits per heavy atom. The highest BCUT2D eigenvalue weighted by atomic mass is 16.7. The van der Waals surface area contributed by atoms with Crippen molar-refractivity contribution in [2.75, 3.05) is 6.61 Å².